The lowest BCUT2D eigenvalue weighted by Crippen LogP contribution is -2.21. The van der Waals surface area contributed by atoms with E-state index >= 15 is 0 Å². The molecular formula is C13H18O5S. The van der Waals surface area contributed by atoms with Crippen molar-refractivity contribution in [3.05, 3.63) is 28.8 Å². The minimum absolute atomic E-state index is 0.0215. The number of ether oxygens (including phenoxy) is 1. The molecule has 1 aromatic carbocycles. The van der Waals surface area contributed by atoms with Crippen LogP contribution in [-0.4, -0.2) is 38.5 Å². The number of hydrogen-bond acceptors (Lipinski definition) is 4. The average Bonchev–Trinajstić information content (AvgIpc) is 2.31. The van der Waals surface area contributed by atoms with E-state index in [1.165, 1.54) is 19.2 Å². The fraction of sp³-hybridized carbons (Fsp3) is 0.462. The molecule has 1 aromatic rings. The summed E-state index contributed by atoms with van der Waals surface area (Å²) in [6.07, 6.45) is -0.446. The molecule has 0 saturated heterocycles. The smallest absolute Gasteiger partial charge is 0.335 e. The zero-order valence-electron chi connectivity index (χ0n) is 11.4. The largest absolute Gasteiger partial charge is 0.478 e. The van der Waals surface area contributed by atoms with Crippen LogP contribution in [0.25, 0.3) is 0 Å². The molecule has 1 unspecified atom stereocenters. The van der Waals surface area contributed by atoms with Crippen LogP contribution in [0.5, 0.6) is 0 Å². The first-order valence-electron chi connectivity index (χ1n) is 5.79. The predicted molar refractivity (Wildman–Crippen MR) is 71.4 cm³/mol. The van der Waals surface area contributed by atoms with Gasteiger partial charge in [0.2, 0.25) is 0 Å². The van der Waals surface area contributed by atoms with Crippen molar-refractivity contribution in [2.75, 3.05) is 12.9 Å². The van der Waals surface area contributed by atoms with E-state index in [4.69, 9.17) is 9.84 Å². The van der Waals surface area contributed by atoms with Gasteiger partial charge in [-0.3, -0.25) is 0 Å². The maximum Gasteiger partial charge on any atom is 0.335 e. The van der Waals surface area contributed by atoms with Crippen molar-refractivity contribution in [1.82, 2.24) is 0 Å². The number of hydrogen-bond donors (Lipinski definition) is 1. The van der Waals surface area contributed by atoms with Crippen molar-refractivity contribution < 1.29 is 23.1 Å². The van der Waals surface area contributed by atoms with Crippen LogP contribution in [0.2, 0.25) is 0 Å². The molecule has 0 spiro atoms. The highest BCUT2D eigenvalue weighted by molar-refractivity contribution is 7.91. The second-order valence-electron chi connectivity index (χ2n) is 4.55. The molecule has 1 rings (SSSR count). The lowest BCUT2D eigenvalue weighted by atomic mass is 10.1. The van der Waals surface area contributed by atoms with Gasteiger partial charge >= 0.3 is 5.97 Å². The Bertz CT molecular complexity index is 589. The third-order valence-electron chi connectivity index (χ3n) is 3.06. The molecule has 0 aromatic heterocycles. The van der Waals surface area contributed by atoms with Gasteiger partial charge in [-0.25, -0.2) is 13.2 Å². The Hall–Kier alpha value is -1.40. The van der Waals surface area contributed by atoms with Crippen LogP contribution >= 0.6 is 0 Å². The summed E-state index contributed by atoms with van der Waals surface area (Å²) in [5.41, 5.74) is 1.20. The standard InChI is InChI=1S/C13H18O5S/c1-8-5-11(13(14)15)6-12(10(8)3)19(16,17)7-9(2)18-4/h5-6,9H,7H2,1-4H3,(H,14,15). The maximum absolute atomic E-state index is 12.3. The number of sulfone groups is 1. The van der Waals surface area contributed by atoms with Crippen molar-refractivity contribution in [3.63, 3.8) is 0 Å². The first-order valence-corrected chi connectivity index (χ1v) is 7.44. The highest BCUT2D eigenvalue weighted by Crippen LogP contribution is 2.23. The second kappa shape index (κ2) is 5.71. The molecule has 0 heterocycles. The monoisotopic (exact) mass is 286 g/mol. The zero-order valence-corrected chi connectivity index (χ0v) is 12.2. The fourth-order valence-corrected chi connectivity index (χ4v) is 3.61. The first-order chi connectivity index (χ1) is 8.69. The van der Waals surface area contributed by atoms with Crippen LogP contribution in [0.4, 0.5) is 0 Å². The fourth-order valence-electron chi connectivity index (χ4n) is 1.74. The number of aryl methyl sites for hydroxylation is 1. The summed E-state index contributed by atoms with van der Waals surface area (Å²) in [4.78, 5) is 11.1. The molecule has 1 atom stereocenters. The van der Waals surface area contributed by atoms with Gasteiger partial charge in [-0.05, 0) is 44.0 Å². The van der Waals surface area contributed by atoms with E-state index in [2.05, 4.69) is 0 Å². The number of carbonyl (C=O) groups is 1. The van der Waals surface area contributed by atoms with E-state index in [1.54, 1.807) is 20.8 Å². The van der Waals surface area contributed by atoms with Gasteiger partial charge in [0.1, 0.15) is 0 Å². The molecule has 0 aliphatic carbocycles. The molecule has 0 radical (unpaired) electrons. The Morgan fingerprint density at radius 1 is 1.37 bits per heavy atom. The lowest BCUT2D eigenvalue weighted by molar-refractivity contribution is 0.0696. The number of benzene rings is 1. The van der Waals surface area contributed by atoms with Gasteiger partial charge in [0.25, 0.3) is 0 Å². The Morgan fingerprint density at radius 2 is 1.95 bits per heavy atom. The summed E-state index contributed by atoms with van der Waals surface area (Å²) in [7, 11) is -2.13. The highest BCUT2D eigenvalue weighted by Gasteiger charge is 2.23. The Morgan fingerprint density at radius 3 is 2.42 bits per heavy atom. The molecule has 0 aliphatic rings. The lowest BCUT2D eigenvalue weighted by Gasteiger charge is -2.14. The molecule has 0 saturated carbocycles. The van der Waals surface area contributed by atoms with Crippen molar-refractivity contribution in [2.45, 2.75) is 31.8 Å². The summed E-state index contributed by atoms with van der Waals surface area (Å²) in [6, 6.07) is 2.68. The summed E-state index contributed by atoms with van der Waals surface area (Å²) in [6.45, 7) is 5.02. The Labute approximate surface area is 113 Å². The molecule has 0 fully saturated rings. The van der Waals surface area contributed by atoms with Gasteiger partial charge in [0, 0.05) is 7.11 Å². The summed E-state index contributed by atoms with van der Waals surface area (Å²) in [5, 5.41) is 9.00. The topological polar surface area (TPSA) is 80.7 Å². The number of carboxylic acids is 1. The van der Waals surface area contributed by atoms with Crippen LogP contribution in [0, 0.1) is 13.8 Å². The molecule has 19 heavy (non-hydrogen) atoms. The summed E-state index contributed by atoms with van der Waals surface area (Å²) < 4.78 is 29.5. The maximum atomic E-state index is 12.3. The van der Waals surface area contributed by atoms with Gasteiger partial charge < -0.3 is 9.84 Å². The quantitative estimate of drug-likeness (QED) is 0.892. The van der Waals surface area contributed by atoms with Crippen LogP contribution in [0.15, 0.2) is 17.0 Å². The second-order valence-corrected chi connectivity index (χ2v) is 6.55. The van der Waals surface area contributed by atoms with Gasteiger partial charge in [-0.2, -0.15) is 0 Å². The van der Waals surface area contributed by atoms with E-state index in [0.717, 1.165) is 0 Å². The van der Waals surface area contributed by atoms with Crippen LogP contribution in [-0.2, 0) is 14.6 Å². The first kappa shape index (κ1) is 15.7. The Kier molecular flexibility index (Phi) is 4.70. The van der Waals surface area contributed by atoms with Crippen molar-refractivity contribution in [1.29, 1.82) is 0 Å². The normalized spacial score (nSPS) is 13.3. The van der Waals surface area contributed by atoms with E-state index in [0.29, 0.717) is 11.1 Å². The molecule has 0 bridgehead atoms. The molecule has 106 valence electrons. The van der Waals surface area contributed by atoms with Crippen molar-refractivity contribution >= 4 is 15.8 Å². The van der Waals surface area contributed by atoms with E-state index in [9.17, 15) is 13.2 Å². The molecule has 5 nitrogen and oxygen atoms in total. The highest BCUT2D eigenvalue weighted by atomic mass is 32.2. The minimum atomic E-state index is -3.57. The number of aromatic carboxylic acids is 1. The van der Waals surface area contributed by atoms with Crippen molar-refractivity contribution in [2.24, 2.45) is 0 Å². The molecule has 0 amide bonds. The molecule has 6 heteroatoms. The zero-order chi connectivity index (χ0) is 14.8. The minimum Gasteiger partial charge on any atom is -0.478 e. The van der Waals surface area contributed by atoms with Gasteiger partial charge in [-0.1, -0.05) is 0 Å². The number of methoxy groups -OCH3 is 1. The molecular weight excluding hydrogens is 268 g/mol. The van der Waals surface area contributed by atoms with Gasteiger partial charge in [0.15, 0.2) is 9.84 Å². The summed E-state index contributed by atoms with van der Waals surface area (Å²) in [5.74, 6) is -1.31. The Balaban J connectivity index is 3.37. The van der Waals surface area contributed by atoms with Crippen LogP contribution in [0.1, 0.15) is 28.4 Å². The van der Waals surface area contributed by atoms with E-state index in [1.807, 2.05) is 0 Å². The van der Waals surface area contributed by atoms with Crippen molar-refractivity contribution in [3.8, 4) is 0 Å². The third kappa shape index (κ3) is 3.54. The van der Waals surface area contributed by atoms with E-state index < -0.39 is 21.9 Å². The van der Waals surface area contributed by atoms with Gasteiger partial charge in [-0.15, -0.1) is 0 Å². The molecule has 1 N–H and O–H groups in total. The number of carboxylic acid groups (broad SMARTS) is 1. The summed E-state index contributed by atoms with van der Waals surface area (Å²) >= 11 is 0. The third-order valence-corrected chi connectivity index (χ3v) is 5.06. The predicted octanol–water partition coefficient (Wildman–Crippen LogP) is 1.81. The average molecular weight is 286 g/mol. The molecule has 0 aliphatic heterocycles. The van der Waals surface area contributed by atoms with Crippen LogP contribution in [0.3, 0.4) is 0 Å². The van der Waals surface area contributed by atoms with Gasteiger partial charge in [0.05, 0.1) is 22.3 Å². The van der Waals surface area contributed by atoms with E-state index in [-0.39, 0.29) is 16.2 Å². The number of rotatable bonds is 5. The van der Waals surface area contributed by atoms with Crippen LogP contribution < -0.4 is 0 Å². The SMILES string of the molecule is COC(C)CS(=O)(=O)c1cc(C(=O)O)cc(C)c1C.